The van der Waals surface area contributed by atoms with Gasteiger partial charge in [0.15, 0.2) is 0 Å². The van der Waals surface area contributed by atoms with Crippen molar-refractivity contribution in [2.45, 2.75) is 0 Å². The lowest BCUT2D eigenvalue weighted by molar-refractivity contribution is 0.0927. The highest BCUT2D eigenvalue weighted by Crippen LogP contribution is 2.19. The summed E-state index contributed by atoms with van der Waals surface area (Å²) in [5, 5.41) is 6.65. The monoisotopic (exact) mass is 462 g/mol. The van der Waals surface area contributed by atoms with Crippen molar-refractivity contribution in [3.8, 4) is 0 Å². The molecule has 2 N–H and O–H groups in total. The number of amides is 2. The van der Waals surface area contributed by atoms with Crippen LogP contribution in [-0.4, -0.2) is 24.9 Å². The summed E-state index contributed by atoms with van der Waals surface area (Å²) in [5.74, 6) is -0.419. The first-order chi connectivity index (χ1) is 11.0. The molecule has 2 aromatic rings. The maximum absolute atomic E-state index is 12.0. The van der Waals surface area contributed by atoms with Crippen LogP contribution in [0.15, 0.2) is 42.5 Å². The van der Waals surface area contributed by atoms with Gasteiger partial charge in [-0.25, -0.2) is 0 Å². The second-order valence-corrected chi connectivity index (χ2v) is 6.65. The molecule has 0 spiro atoms. The molecule has 2 amide bonds. The number of carbonyl (C=O) groups excluding carboxylic acids is 2. The van der Waals surface area contributed by atoms with E-state index in [1.54, 1.807) is 42.5 Å². The Balaban J connectivity index is 1.78. The number of nitrogens with one attached hydrogen (secondary N) is 2. The predicted molar refractivity (Wildman–Crippen MR) is 100 cm³/mol. The van der Waals surface area contributed by atoms with Crippen molar-refractivity contribution >= 4 is 57.6 Å². The van der Waals surface area contributed by atoms with Crippen molar-refractivity contribution in [3.63, 3.8) is 0 Å². The smallest absolute Gasteiger partial charge is 0.251 e. The first kappa shape index (κ1) is 18.0. The van der Waals surface area contributed by atoms with Crippen LogP contribution in [0.1, 0.15) is 20.7 Å². The Morgan fingerprint density at radius 3 is 1.96 bits per heavy atom. The zero-order valence-electron chi connectivity index (χ0n) is 11.9. The number of rotatable bonds is 5. The van der Waals surface area contributed by atoms with Crippen LogP contribution in [0.4, 0.5) is 0 Å². The average molecular weight is 463 g/mol. The molecule has 23 heavy (non-hydrogen) atoms. The van der Waals surface area contributed by atoms with Gasteiger partial charge in [0, 0.05) is 32.8 Å². The van der Waals surface area contributed by atoms with E-state index < -0.39 is 0 Å². The Morgan fingerprint density at radius 1 is 0.870 bits per heavy atom. The molecule has 0 heterocycles. The standard InChI is InChI=1S/C16H13Cl2IN2O2/c17-12-4-1-10(2-5-12)15(22)20-7-8-21-16(23)11-3-6-13(18)14(19)9-11/h1-6,9H,7-8H2,(H,20,22)(H,21,23). The molecule has 0 radical (unpaired) electrons. The van der Waals surface area contributed by atoms with Gasteiger partial charge in [-0.2, -0.15) is 0 Å². The third-order valence-electron chi connectivity index (χ3n) is 2.98. The Bertz CT molecular complexity index is 721. The maximum atomic E-state index is 12.0. The van der Waals surface area contributed by atoms with Crippen LogP contribution in [0.3, 0.4) is 0 Å². The van der Waals surface area contributed by atoms with Gasteiger partial charge in [-0.15, -0.1) is 0 Å². The first-order valence-corrected chi connectivity index (χ1v) is 8.58. The molecule has 2 rings (SSSR count). The van der Waals surface area contributed by atoms with Gasteiger partial charge >= 0.3 is 0 Å². The Labute approximate surface area is 157 Å². The van der Waals surface area contributed by atoms with E-state index >= 15 is 0 Å². The molecule has 0 aliphatic heterocycles. The van der Waals surface area contributed by atoms with Crippen molar-refractivity contribution in [1.29, 1.82) is 0 Å². The summed E-state index contributed by atoms with van der Waals surface area (Å²) >= 11 is 13.8. The van der Waals surface area contributed by atoms with Crippen LogP contribution in [0.5, 0.6) is 0 Å². The molecule has 0 unspecified atom stereocenters. The fraction of sp³-hybridized carbons (Fsp3) is 0.125. The zero-order valence-corrected chi connectivity index (χ0v) is 15.6. The minimum absolute atomic E-state index is 0.208. The van der Waals surface area contributed by atoms with Crippen molar-refractivity contribution < 1.29 is 9.59 Å². The number of carbonyl (C=O) groups is 2. The largest absolute Gasteiger partial charge is 0.350 e. The lowest BCUT2D eigenvalue weighted by Crippen LogP contribution is -2.34. The maximum Gasteiger partial charge on any atom is 0.251 e. The Hall–Kier alpha value is -1.31. The predicted octanol–water partition coefficient (Wildman–Crippen LogP) is 3.76. The molecule has 7 heteroatoms. The van der Waals surface area contributed by atoms with Crippen molar-refractivity contribution in [2.24, 2.45) is 0 Å². The van der Waals surface area contributed by atoms with Crippen LogP contribution in [0.25, 0.3) is 0 Å². The molecular formula is C16H13Cl2IN2O2. The van der Waals surface area contributed by atoms with E-state index in [0.29, 0.717) is 34.3 Å². The molecular weight excluding hydrogens is 450 g/mol. The molecule has 120 valence electrons. The van der Waals surface area contributed by atoms with Gasteiger partial charge in [-0.3, -0.25) is 9.59 Å². The minimum Gasteiger partial charge on any atom is -0.350 e. The minimum atomic E-state index is -0.211. The van der Waals surface area contributed by atoms with E-state index in [1.807, 2.05) is 0 Å². The van der Waals surface area contributed by atoms with Gasteiger partial charge in [0.05, 0.1) is 5.02 Å². The summed E-state index contributed by atoms with van der Waals surface area (Å²) in [6.07, 6.45) is 0. The van der Waals surface area contributed by atoms with Crippen LogP contribution >= 0.6 is 45.8 Å². The second kappa shape index (κ2) is 8.52. The van der Waals surface area contributed by atoms with E-state index in [4.69, 9.17) is 23.2 Å². The van der Waals surface area contributed by atoms with Gasteiger partial charge in [0.1, 0.15) is 0 Å². The van der Waals surface area contributed by atoms with Gasteiger partial charge in [0.2, 0.25) is 0 Å². The van der Waals surface area contributed by atoms with Gasteiger partial charge < -0.3 is 10.6 Å². The molecule has 0 fully saturated rings. The van der Waals surface area contributed by atoms with E-state index in [1.165, 1.54) is 0 Å². The second-order valence-electron chi connectivity index (χ2n) is 4.65. The zero-order chi connectivity index (χ0) is 16.8. The molecule has 0 saturated carbocycles. The summed E-state index contributed by atoms with van der Waals surface area (Å²) in [7, 11) is 0. The highest BCUT2D eigenvalue weighted by Gasteiger charge is 2.08. The van der Waals surface area contributed by atoms with Crippen LogP contribution < -0.4 is 10.6 Å². The Kier molecular flexibility index (Phi) is 6.68. The summed E-state index contributed by atoms with van der Waals surface area (Å²) < 4.78 is 0.813. The molecule has 0 saturated heterocycles. The van der Waals surface area contributed by atoms with Crippen molar-refractivity contribution in [1.82, 2.24) is 10.6 Å². The van der Waals surface area contributed by atoms with E-state index in [-0.39, 0.29) is 11.8 Å². The number of hydrogen-bond acceptors (Lipinski definition) is 2. The van der Waals surface area contributed by atoms with Gasteiger partial charge in [-0.05, 0) is 65.1 Å². The highest BCUT2D eigenvalue weighted by atomic mass is 127. The summed E-state index contributed by atoms with van der Waals surface area (Å²) in [4.78, 5) is 23.8. The highest BCUT2D eigenvalue weighted by molar-refractivity contribution is 14.1. The molecule has 0 aliphatic carbocycles. The molecule has 0 atom stereocenters. The quantitative estimate of drug-likeness (QED) is 0.525. The normalized spacial score (nSPS) is 10.2. The van der Waals surface area contributed by atoms with Gasteiger partial charge in [-0.1, -0.05) is 23.2 Å². The van der Waals surface area contributed by atoms with Gasteiger partial charge in [0.25, 0.3) is 11.8 Å². The van der Waals surface area contributed by atoms with E-state index in [2.05, 4.69) is 33.2 Å². The SMILES string of the molecule is O=C(NCCNC(=O)c1ccc(Cl)c(I)c1)c1ccc(Cl)cc1. The molecule has 0 bridgehead atoms. The number of halogens is 3. The summed E-state index contributed by atoms with van der Waals surface area (Å²) in [6, 6.07) is 11.6. The topological polar surface area (TPSA) is 58.2 Å². The van der Waals surface area contributed by atoms with E-state index in [9.17, 15) is 9.59 Å². The van der Waals surface area contributed by atoms with Crippen molar-refractivity contribution in [2.75, 3.05) is 13.1 Å². The molecule has 0 aromatic heterocycles. The lowest BCUT2D eigenvalue weighted by atomic mass is 10.2. The lowest BCUT2D eigenvalue weighted by Gasteiger charge is -2.08. The van der Waals surface area contributed by atoms with Crippen LogP contribution in [0, 0.1) is 3.57 Å². The third kappa shape index (κ3) is 5.37. The summed E-state index contributed by atoms with van der Waals surface area (Å²) in [6.45, 7) is 0.662. The van der Waals surface area contributed by atoms with Crippen LogP contribution in [-0.2, 0) is 0 Å². The van der Waals surface area contributed by atoms with E-state index in [0.717, 1.165) is 3.57 Å². The average Bonchev–Trinajstić information content (AvgIpc) is 2.54. The van der Waals surface area contributed by atoms with Crippen molar-refractivity contribution in [3.05, 3.63) is 67.2 Å². The number of benzene rings is 2. The number of hydrogen-bond donors (Lipinski definition) is 2. The molecule has 2 aromatic carbocycles. The molecule has 0 aliphatic rings. The van der Waals surface area contributed by atoms with Crippen LogP contribution in [0.2, 0.25) is 10.0 Å². The Morgan fingerprint density at radius 2 is 1.39 bits per heavy atom. The fourth-order valence-corrected chi connectivity index (χ4v) is 2.55. The molecule has 4 nitrogen and oxygen atoms in total. The summed E-state index contributed by atoms with van der Waals surface area (Å²) in [5.41, 5.74) is 1.05. The fourth-order valence-electron chi connectivity index (χ4n) is 1.79. The first-order valence-electron chi connectivity index (χ1n) is 6.74. The third-order valence-corrected chi connectivity index (χ3v) is 4.78.